The highest BCUT2D eigenvalue weighted by atomic mass is 32.2. The van der Waals surface area contributed by atoms with Gasteiger partial charge in [0.2, 0.25) is 14.9 Å². The number of anilines is 2. The fraction of sp³-hybridized carbons (Fsp3) is 0.350. The van der Waals surface area contributed by atoms with E-state index >= 15 is 0 Å². The molecule has 146 valence electrons. The van der Waals surface area contributed by atoms with Gasteiger partial charge in [-0.05, 0) is 57.4 Å². The third kappa shape index (κ3) is 3.07. The Morgan fingerprint density at radius 1 is 1.14 bits per heavy atom. The predicted molar refractivity (Wildman–Crippen MR) is 107 cm³/mol. The summed E-state index contributed by atoms with van der Waals surface area (Å²) in [6, 6.07) is 10.5. The van der Waals surface area contributed by atoms with Crippen LogP contribution in [-0.4, -0.2) is 41.8 Å². The quantitative estimate of drug-likeness (QED) is 0.776. The maximum atomic E-state index is 13.2. The molecule has 1 atom stereocenters. The normalized spacial score (nSPS) is 21.1. The van der Waals surface area contributed by atoms with Crippen molar-refractivity contribution in [3.8, 4) is 0 Å². The molecule has 4 rings (SSSR count). The fourth-order valence-electron chi connectivity index (χ4n) is 3.59. The first-order valence-electron chi connectivity index (χ1n) is 9.36. The number of benzene rings is 1. The predicted octanol–water partition coefficient (Wildman–Crippen LogP) is 3.03. The van der Waals surface area contributed by atoms with Crippen molar-refractivity contribution in [3.05, 3.63) is 48.2 Å². The molecule has 8 heteroatoms. The molecule has 2 aliphatic rings. The first kappa shape index (κ1) is 18.6. The highest BCUT2D eigenvalue weighted by Crippen LogP contribution is 2.35. The highest BCUT2D eigenvalue weighted by molar-refractivity contribution is 8.08. The van der Waals surface area contributed by atoms with E-state index in [0.29, 0.717) is 12.2 Å². The number of sulfone groups is 1. The summed E-state index contributed by atoms with van der Waals surface area (Å²) >= 11 is 0. The van der Waals surface area contributed by atoms with E-state index in [4.69, 9.17) is 0 Å². The van der Waals surface area contributed by atoms with Crippen LogP contribution in [0.25, 0.3) is 0 Å². The van der Waals surface area contributed by atoms with Crippen LogP contribution in [0.2, 0.25) is 0 Å². The summed E-state index contributed by atoms with van der Waals surface area (Å²) in [7, 11) is -4.05. The summed E-state index contributed by atoms with van der Waals surface area (Å²) in [6.45, 7) is 4.45. The van der Waals surface area contributed by atoms with Crippen LogP contribution in [0.1, 0.15) is 31.7 Å². The van der Waals surface area contributed by atoms with Gasteiger partial charge in [-0.15, -0.1) is 5.10 Å². The van der Waals surface area contributed by atoms with E-state index in [9.17, 15) is 13.2 Å². The molecule has 0 radical (unpaired) electrons. The van der Waals surface area contributed by atoms with Crippen molar-refractivity contribution in [2.24, 2.45) is 5.10 Å². The number of carbonyl (C=O) groups is 1. The van der Waals surface area contributed by atoms with Crippen LogP contribution >= 0.6 is 0 Å². The van der Waals surface area contributed by atoms with Crippen molar-refractivity contribution < 1.29 is 13.2 Å². The lowest BCUT2D eigenvalue weighted by molar-refractivity contribution is -0.126. The molecule has 2 aliphatic heterocycles. The van der Waals surface area contributed by atoms with E-state index in [0.717, 1.165) is 24.8 Å². The molecule has 3 heterocycles. The lowest BCUT2D eigenvalue weighted by atomic mass is 10.0. The molecule has 7 nitrogen and oxygen atoms in total. The Morgan fingerprint density at radius 3 is 2.61 bits per heavy atom. The van der Waals surface area contributed by atoms with Gasteiger partial charge in [-0.3, -0.25) is 4.79 Å². The monoisotopic (exact) mass is 398 g/mol. The number of pyridine rings is 1. The molecule has 0 spiro atoms. The molecular weight excluding hydrogens is 376 g/mol. The summed E-state index contributed by atoms with van der Waals surface area (Å²) in [5, 5.41) is 5.29. The van der Waals surface area contributed by atoms with Gasteiger partial charge in [0.1, 0.15) is 4.90 Å². The van der Waals surface area contributed by atoms with Crippen molar-refractivity contribution in [3.63, 3.8) is 0 Å². The average Bonchev–Trinajstić information content (AvgIpc) is 2.69. The van der Waals surface area contributed by atoms with E-state index in [2.05, 4.69) is 10.1 Å². The number of aromatic nitrogens is 1. The van der Waals surface area contributed by atoms with Crippen molar-refractivity contribution in [1.29, 1.82) is 0 Å². The molecular formula is C20H22N4O3S. The second-order valence-corrected chi connectivity index (χ2v) is 9.06. The Balaban J connectivity index is 1.85. The molecule has 1 unspecified atom stereocenters. The Hall–Kier alpha value is -2.74. The minimum absolute atomic E-state index is 0.00131. The minimum atomic E-state index is -4.05. The number of rotatable bonds is 2. The second kappa shape index (κ2) is 7.01. The number of nitrogens with zero attached hydrogens (tertiary/aromatic N) is 4. The fourth-order valence-corrected chi connectivity index (χ4v) is 4.98. The zero-order valence-electron chi connectivity index (χ0n) is 15.9. The number of aryl methyl sites for hydroxylation is 1. The Labute approximate surface area is 164 Å². The summed E-state index contributed by atoms with van der Waals surface area (Å²) in [6.07, 6.45) is 4.28. The number of amides is 1. The Kier molecular flexibility index (Phi) is 4.66. The van der Waals surface area contributed by atoms with Crippen molar-refractivity contribution in [2.75, 3.05) is 11.6 Å². The number of likely N-dealkylation sites (tertiary alicyclic amines) is 1. The molecule has 0 bridgehead atoms. The molecule has 0 saturated carbocycles. The van der Waals surface area contributed by atoms with Crippen molar-refractivity contribution >= 4 is 32.3 Å². The standard InChI is InChI=1S/C20H22N4O3S/c1-14-8-10-16(11-9-14)24-18-17(7-5-12-21-18)28(26,27)19(22-24)20(25)23-13-4-3-6-15(23)2/h5,7-12,15H,3-4,6,13H2,1-2H3. The van der Waals surface area contributed by atoms with E-state index in [-0.39, 0.29) is 16.8 Å². The Morgan fingerprint density at radius 2 is 1.89 bits per heavy atom. The van der Waals surface area contributed by atoms with Crippen LogP contribution in [0, 0.1) is 6.92 Å². The maximum Gasteiger partial charge on any atom is 0.286 e. The number of hydrogen-bond donors (Lipinski definition) is 0. The molecule has 0 N–H and O–H groups in total. The smallest absolute Gasteiger partial charge is 0.286 e. The molecule has 1 amide bonds. The zero-order chi connectivity index (χ0) is 19.9. The number of hydrazone groups is 1. The zero-order valence-corrected chi connectivity index (χ0v) is 16.7. The molecule has 1 fully saturated rings. The third-order valence-corrected chi connectivity index (χ3v) is 6.87. The summed E-state index contributed by atoms with van der Waals surface area (Å²) in [5.41, 5.74) is 1.72. The molecule has 1 aromatic carbocycles. The van der Waals surface area contributed by atoms with E-state index in [1.807, 2.05) is 38.1 Å². The van der Waals surface area contributed by atoms with Gasteiger partial charge in [0.05, 0.1) is 5.69 Å². The first-order chi connectivity index (χ1) is 13.4. The maximum absolute atomic E-state index is 13.2. The van der Waals surface area contributed by atoms with Crippen LogP contribution in [0.4, 0.5) is 11.5 Å². The third-order valence-electron chi connectivity index (χ3n) is 5.21. The van der Waals surface area contributed by atoms with Gasteiger partial charge in [-0.2, -0.15) is 0 Å². The SMILES string of the molecule is Cc1ccc(N2N=C(C(=O)N3CCCCC3C)S(=O)(=O)c3cccnc32)cc1. The number of carbonyl (C=O) groups excluding carboxylic acids is 1. The van der Waals surface area contributed by atoms with Gasteiger partial charge in [0, 0.05) is 18.8 Å². The minimum Gasteiger partial charge on any atom is -0.334 e. The average molecular weight is 398 g/mol. The van der Waals surface area contributed by atoms with Crippen LogP contribution < -0.4 is 5.01 Å². The van der Waals surface area contributed by atoms with Crippen molar-refractivity contribution in [2.45, 2.75) is 44.0 Å². The highest BCUT2D eigenvalue weighted by Gasteiger charge is 2.41. The van der Waals surface area contributed by atoms with E-state index in [1.54, 1.807) is 11.0 Å². The van der Waals surface area contributed by atoms with Gasteiger partial charge < -0.3 is 4.90 Å². The van der Waals surface area contributed by atoms with E-state index < -0.39 is 20.8 Å². The molecule has 0 aliphatic carbocycles. The van der Waals surface area contributed by atoms with Crippen molar-refractivity contribution in [1.82, 2.24) is 9.88 Å². The number of fused-ring (bicyclic) bond motifs is 1. The summed E-state index contributed by atoms with van der Waals surface area (Å²) in [4.78, 5) is 19.0. The van der Waals surface area contributed by atoms with Gasteiger partial charge >= 0.3 is 0 Å². The van der Waals surface area contributed by atoms with E-state index in [1.165, 1.54) is 17.3 Å². The summed E-state index contributed by atoms with van der Waals surface area (Å²) in [5.74, 6) is -0.339. The number of hydrogen-bond acceptors (Lipinski definition) is 6. The molecule has 2 aromatic rings. The topological polar surface area (TPSA) is 82.9 Å². The van der Waals surface area contributed by atoms with Gasteiger partial charge in [0.25, 0.3) is 5.91 Å². The van der Waals surface area contributed by atoms with Crippen LogP contribution in [0.15, 0.2) is 52.6 Å². The lowest BCUT2D eigenvalue weighted by Crippen LogP contribution is -2.48. The van der Waals surface area contributed by atoms with Crippen LogP contribution in [-0.2, 0) is 14.6 Å². The second-order valence-electron chi connectivity index (χ2n) is 7.22. The van der Waals surface area contributed by atoms with Gasteiger partial charge in [-0.25, -0.2) is 18.4 Å². The van der Waals surface area contributed by atoms with Crippen LogP contribution in [0.3, 0.4) is 0 Å². The first-order valence-corrected chi connectivity index (χ1v) is 10.8. The molecule has 1 saturated heterocycles. The largest absolute Gasteiger partial charge is 0.334 e. The van der Waals surface area contributed by atoms with Gasteiger partial charge in [0.15, 0.2) is 5.82 Å². The van der Waals surface area contributed by atoms with Gasteiger partial charge in [-0.1, -0.05) is 17.7 Å². The molecule has 1 aromatic heterocycles. The number of piperidine rings is 1. The Bertz CT molecular complexity index is 1050. The lowest BCUT2D eigenvalue weighted by Gasteiger charge is -2.34. The van der Waals surface area contributed by atoms with Crippen LogP contribution in [0.5, 0.6) is 0 Å². The molecule has 28 heavy (non-hydrogen) atoms. The summed E-state index contributed by atoms with van der Waals surface area (Å²) < 4.78 is 26.4.